The third kappa shape index (κ3) is 9.74. The van der Waals surface area contributed by atoms with Crippen LogP contribution in [0.5, 0.6) is 34.5 Å². The molecule has 0 fully saturated rings. The number of halogens is 2. The van der Waals surface area contributed by atoms with E-state index in [0.717, 1.165) is 12.1 Å². The quantitative estimate of drug-likeness (QED) is 0.154. The van der Waals surface area contributed by atoms with Crippen molar-refractivity contribution in [1.29, 1.82) is 5.26 Å². The monoisotopic (exact) mass is 571 g/mol. The normalized spacial score (nSPS) is 9.74. The van der Waals surface area contributed by atoms with Gasteiger partial charge in [-0.05, 0) is 24.3 Å². The molecule has 0 aliphatic carbocycles. The number of nitrogens with zero attached hydrogens (tertiary/aromatic N) is 1. The van der Waals surface area contributed by atoms with Crippen molar-refractivity contribution in [2.45, 2.75) is 0 Å². The summed E-state index contributed by atoms with van der Waals surface area (Å²) in [5, 5.41) is 33.2. The third-order valence-electron chi connectivity index (χ3n) is 3.57. The van der Waals surface area contributed by atoms with Gasteiger partial charge in [0.1, 0.15) is 0 Å². The van der Waals surface area contributed by atoms with Gasteiger partial charge in [0.25, 0.3) is 0 Å². The van der Waals surface area contributed by atoms with Crippen molar-refractivity contribution in [1.82, 2.24) is 0 Å². The molecule has 14 heteroatoms. The minimum atomic E-state index is -0.703. The molecule has 2 aromatic carbocycles. The second-order valence-corrected chi connectivity index (χ2v) is 6.83. The first kappa shape index (κ1) is 33.6. The van der Waals surface area contributed by atoms with Crippen molar-refractivity contribution >= 4 is 39.5 Å². The van der Waals surface area contributed by atoms with Crippen molar-refractivity contribution < 1.29 is 78.2 Å². The van der Waals surface area contributed by atoms with E-state index in [1.807, 2.05) is 0 Å². The number of hydrogen-bond acceptors (Lipinski definition) is 11. The molecular formula is C20H20BrClNNaO10. The molecule has 0 unspecified atom stereocenters. The topological polar surface area (TPSA) is 165 Å². The van der Waals surface area contributed by atoms with Gasteiger partial charge in [-0.1, -0.05) is 15.9 Å². The van der Waals surface area contributed by atoms with Crippen molar-refractivity contribution in [2.75, 3.05) is 32.9 Å². The third-order valence-corrected chi connectivity index (χ3v) is 3.57. The van der Waals surface area contributed by atoms with Crippen LogP contribution in [-0.4, -0.2) is 60.2 Å². The van der Waals surface area contributed by atoms with Crippen LogP contribution in [0.15, 0.2) is 24.3 Å². The summed E-state index contributed by atoms with van der Waals surface area (Å²) in [6.45, 7) is 4.89. The molecule has 0 bridgehead atoms. The molecule has 2 aromatic rings. The molecule has 34 heavy (non-hydrogen) atoms. The SMILES string of the molecule is COC(=O)c1cc(O)c(O)c(O)c1.COC(=O)c1cc(OC)c2c(c1)OCO2.ClCBr.[C-]#N.[Na+]. The summed E-state index contributed by atoms with van der Waals surface area (Å²) in [5.41, 5.74) is 0.342. The molecule has 11 nitrogen and oxygen atoms in total. The Labute approximate surface area is 231 Å². The Hall–Kier alpha value is -2.56. The zero-order valence-corrected chi connectivity index (χ0v) is 23.0. The summed E-state index contributed by atoms with van der Waals surface area (Å²) >= 11 is 7.83. The molecule has 1 aliphatic heterocycles. The second-order valence-electron chi connectivity index (χ2n) is 5.36. The van der Waals surface area contributed by atoms with E-state index in [1.54, 1.807) is 12.1 Å². The number of ether oxygens (including phenoxy) is 5. The summed E-state index contributed by atoms with van der Waals surface area (Å²) < 4.78 is 24.4. The molecule has 0 amide bonds. The van der Waals surface area contributed by atoms with E-state index >= 15 is 0 Å². The molecule has 0 saturated heterocycles. The van der Waals surface area contributed by atoms with E-state index in [1.165, 1.54) is 21.3 Å². The van der Waals surface area contributed by atoms with E-state index in [9.17, 15) is 9.59 Å². The van der Waals surface area contributed by atoms with Gasteiger partial charge >= 0.3 is 41.5 Å². The Bertz CT molecular complexity index is 951. The van der Waals surface area contributed by atoms with Gasteiger partial charge in [0.2, 0.25) is 12.5 Å². The van der Waals surface area contributed by atoms with Gasteiger partial charge < -0.3 is 50.8 Å². The number of phenols is 3. The molecule has 3 rings (SSSR count). The van der Waals surface area contributed by atoms with Crippen molar-refractivity contribution in [3.05, 3.63) is 42.0 Å². The number of aromatic hydroxyl groups is 3. The molecule has 0 aromatic heterocycles. The van der Waals surface area contributed by atoms with Gasteiger partial charge in [0, 0.05) is 0 Å². The Kier molecular flexibility index (Phi) is 17.7. The summed E-state index contributed by atoms with van der Waals surface area (Å²) in [6, 6.07) is 5.12. The molecular weight excluding hydrogens is 553 g/mol. The van der Waals surface area contributed by atoms with E-state index in [4.69, 9.17) is 53.0 Å². The van der Waals surface area contributed by atoms with E-state index in [2.05, 4.69) is 25.4 Å². The molecule has 1 aliphatic rings. The number of methoxy groups -OCH3 is 3. The minimum absolute atomic E-state index is 0. The Morgan fingerprint density at radius 1 is 1.00 bits per heavy atom. The van der Waals surface area contributed by atoms with E-state index < -0.39 is 29.2 Å². The number of rotatable bonds is 3. The number of alkyl halides is 2. The number of fused-ring (bicyclic) bond motifs is 1. The molecule has 0 atom stereocenters. The zero-order chi connectivity index (χ0) is 25.6. The first-order chi connectivity index (χ1) is 15.7. The predicted octanol–water partition coefficient (Wildman–Crippen LogP) is 0.478. The number of carbonyl (C=O) groups is 2. The summed E-state index contributed by atoms with van der Waals surface area (Å²) in [4.78, 5) is 22.7. The first-order valence-electron chi connectivity index (χ1n) is 8.47. The van der Waals surface area contributed by atoms with Crippen LogP contribution in [0.1, 0.15) is 20.7 Å². The fourth-order valence-electron chi connectivity index (χ4n) is 2.21. The molecule has 0 saturated carbocycles. The first-order valence-corrected chi connectivity index (χ1v) is 10.1. The Morgan fingerprint density at radius 2 is 1.44 bits per heavy atom. The van der Waals surface area contributed by atoms with Crippen LogP contribution < -0.4 is 43.8 Å². The van der Waals surface area contributed by atoms with Crippen LogP contribution in [0.4, 0.5) is 0 Å². The van der Waals surface area contributed by atoms with Gasteiger partial charge in [-0.15, -0.1) is 11.6 Å². The van der Waals surface area contributed by atoms with Crippen molar-refractivity contribution in [3.63, 3.8) is 0 Å². The smallest absolute Gasteiger partial charge is 0.512 e. The maximum Gasteiger partial charge on any atom is 1.00 e. The molecule has 1 heterocycles. The predicted molar refractivity (Wildman–Crippen MR) is 118 cm³/mol. The largest absolute Gasteiger partial charge is 1.00 e. The van der Waals surface area contributed by atoms with Crippen LogP contribution in [-0.2, 0) is 9.47 Å². The maximum atomic E-state index is 11.3. The Balaban J connectivity index is 0. The number of phenolic OH excluding ortho intramolecular Hbond substituents is 3. The number of benzene rings is 2. The van der Waals surface area contributed by atoms with Crippen molar-refractivity contribution in [2.24, 2.45) is 0 Å². The van der Waals surface area contributed by atoms with Gasteiger partial charge in [-0.2, -0.15) is 0 Å². The summed E-state index contributed by atoms with van der Waals surface area (Å²) in [6.07, 6.45) is 0. The van der Waals surface area contributed by atoms with E-state index in [-0.39, 0.29) is 41.9 Å². The van der Waals surface area contributed by atoms with Gasteiger partial charge in [-0.3, -0.25) is 0 Å². The summed E-state index contributed by atoms with van der Waals surface area (Å²) in [7, 11) is 3.99. The van der Waals surface area contributed by atoms with Crippen LogP contribution >= 0.6 is 27.5 Å². The van der Waals surface area contributed by atoms with Crippen LogP contribution in [0, 0.1) is 11.8 Å². The van der Waals surface area contributed by atoms with Crippen LogP contribution in [0.2, 0.25) is 0 Å². The average molecular weight is 573 g/mol. The minimum Gasteiger partial charge on any atom is -0.512 e. The molecule has 0 spiro atoms. The fraction of sp³-hybridized carbons (Fsp3) is 0.250. The number of hydrogen-bond donors (Lipinski definition) is 3. The summed E-state index contributed by atoms with van der Waals surface area (Å²) in [5.74, 6) is -1.46. The van der Waals surface area contributed by atoms with Gasteiger partial charge in [0.05, 0.1) is 37.2 Å². The number of esters is 2. The average Bonchev–Trinajstić information content (AvgIpc) is 3.31. The fourth-order valence-corrected chi connectivity index (χ4v) is 2.21. The van der Waals surface area contributed by atoms with Crippen molar-refractivity contribution in [3.8, 4) is 34.5 Å². The standard InChI is InChI=1S/C10H10O5.C8H8O5.CH2BrCl.CN.Na/c1-12-7-3-6(10(11)13-2)4-8-9(7)15-5-14-8;1-13-8(12)4-2-5(9)7(11)6(10)3-4;2-1-3;1-2;/h3-4H,5H2,1-2H3;2-3,9-11H,1H3;1H2;;/q;;;-1;+1. The Morgan fingerprint density at radius 3 is 1.85 bits per heavy atom. The van der Waals surface area contributed by atoms with Gasteiger partial charge in [0.15, 0.2) is 28.7 Å². The second kappa shape index (κ2) is 17.9. The molecule has 180 valence electrons. The van der Waals surface area contributed by atoms with Crippen LogP contribution in [0.25, 0.3) is 0 Å². The van der Waals surface area contributed by atoms with Gasteiger partial charge in [-0.25, -0.2) is 9.59 Å². The molecule has 3 N–H and O–H groups in total. The molecule has 0 radical (unpaired) electrons. The van der Waals surface area contributed by atoms with Crippen LogP contribution in [0.3, 0.4) is 0 Å². The maximum absolute atomic E-state index is 11.3. The number of carbonyl (C=O) groups excluding carboxylic acids is 2. The van der Waals surface area contributed by atoms with E-state index in [0.29, 0.717) is 27.6 Å². The zero-order valence-electron chi connectivity index (χ0n) is 18.6.